The summed E-state index contributed by atoms with van der Waals surface area (Å²) in [7, 11) is -1.98. The molecule has 9 heteroatoms. The van der Waals surface area contributed by atoms with Gasteiger partial charge in [0.15, 0.2) is 0 Å². The fourth-order valence-corrected chi connectivity index (χ4v) is 5.10. The Kier molecular flexibility index (Phi) is 7.24. The second-order valence-corrected chi connectivity index (χ2v) is 9.34. The van der Waals surface area contributed by atoms with Crippen molar-refractivity contribution in [1.82, 2.24) is 4.31 Å². The van der Waals surface area contributed by atoms with E-state index < -0.39 is 33.8 Å². The quantitative estimate of drug-likeness (QED) is 0.619. The predicted molar refractivity (Wildman–Crippen MR) is 111 cm³/mol. The van der Waals surface area contributed by atoms with Gasteiger partial charge in [0, 0.05) is 18.0 Å². The zero-order chi connectivity index (χ0) is 22.8. The van der Waals surface area contributed by atoms with Crippen LogP contribution in [0.15, 0.2) is 35.2 Å². The minimum atomic E-state index is -4.31. The highest BCUT2D eigenvalue weighted by Crippen LogP contribution is 2.33. The molecule has 2 rings (SSSR count). The summed E-state index contributed by atoms with van der Waals surface area (Å²) >= 11 is 5.87. The van der Waals surface area contributed by atoms with E-state index in [1.54, 1.807) is 32.9 Å². The molecule has 160 valence electrons. The molecule has 0 saturated carbocycles. The lowest BCUT2D eigenvalue weighted by Crippen LogP contribution is -2.46. The second-order valence-electron chi connectivity index (χ2n) is 6.93. The third kappa shape index (κ3) is 4.33. The monoisotopic (exact) mass is 452 g/mol. The largest absolute Gasteiger partial charge is 0.468 e. The standard InChI is InChI=1S/C21H22ClFN2O4S/c1-12-6-8-17(23)19(13(12)2)14(3)20(21(26)29-5)25(4)30(27,28)18-9-7-16(22)10-15(18)11-24/h6-10,14,20H,1-5H3/t14-,20+/m1/s1. The third-order valence-corrected chi connectivity index (χ3v) is 7.35. The molecule has 0 saturated heterocycles. The first-order chi connectivity index (χ1) is 14.0. The lowest BCUT2D eigenvalue weighted by Gasteiger charge is -2.31. The van der Waals surface area contributed by atoms with Crippen LogP contribution in [0, 0.1) is 31.0 Å². The average Bonchev–Trinajstić information content (AvgIpc) is 2.70. The molecular weight excluding hydrogens is 431 g/mol. The topological polar surface area (TPSA) is 87.5 Å². The highest BCUT2D eigenvalue weighted by molar-refractivity contribution is 7.89. The molecule has 0 spiro atoms. The summed E-state index contributed by atoms with van der Waals surface area (Å²) in [5.74, 6) is -2.26. The van der Waals surface area contributed by atoms with E-state index in [0.717, 1.165) is 17.0 Å². The minimum absolute atomic E-state index is 0.163. The van der Waals surface area contributed by atoms with E-state index in [1.165, 1.54) is 31.3 Å². The van der Waals surface area contributed by atoms with E-state index >= 15 is 0 Å². The van der Waals surface area contributed by atoms with Crippen LogP contribution in [0.4, 0.5) is 4.39 Å². The molecule has 2 atom stereocenters. The van der Waals surface area contributed by atoms with Crippen molar-refractivity contribution in [3.05, 3.63) is 63.4 Å². The SMILES string of the molecule is COC(=O)[C@H]([C@H](C)c1c(F)ccc(C)c1C)N(C)S(=O)(=O)c1ccc(Cl)cc1C#N. The number of hydrogen-bond acceptors (Lipinski definition) is 5. The van der Waals surface area contributed by atoms with Crippen molar-refractivity contribution >= 4 is 27.6 Å². The molecule has 2 aromatic rings. The molecule has 0 aromatic heterocycles. The number of benzene rings is 2. The van der Waals surface area contributed by atoms with Crippen molar-refractivity contribution < 1.29 is 22.3 Å². The number of carbonyl (C=O) groups excluding carboxylic acids is 1. The molecule has 0 aliphatic rings. The molecule has 0 bridgehead atoms. The normalized spacial score (nSPS) is 13.6. The zero-order valence-electron chi connectivity index (χ0n) is 17.2. The first-order valence-electron chi connectivity index (χ1n) is 8.98. The van der Waals surface area contributed by atoms with Gasteiger partial charge in [-0.3, -0.25) is 4.79 Å². The Morgan fingerprint density at radius 2 is 1.90 bits per heavy atom. The smallest absolute Gasteiger partial charge is 0.324 e. The number of halogens is 2. The summed E-state index contributed by atoms with van der Waals surface area (Å²) in [6.45, 7) is 5.07. The number of esters is 1. The predicted octanol–water partition coefficient (Wildman–Crippen LogP) is 3.93. The Balaban J connectivity index is 2.65. The molecule has 0 aliphatic heterocycles. The van der Waals surface area contributed by atoms with Crippen LogP contribution in [0.2, 0.25) is 5.02 Å². The highest BCUT2D eigenvalue weighted by atomic mass is 35.5. The van der Waals surface area contributed by atoms with Gasteiger partial charge in [-0.2, -0.15) is 9.57 Å². The highest BCUT2D eigenvalue weighted by Gasteiger charge is 2.40. The minimum Gasteiger partial charge on any atom is -0.468 e. The van der Waals surface area contributed by atoms with Gasteiger partial charge >= 0.3 is 5.97 Å². The molecule has 0 amide bonds. The summed E-state index contributed by atoms with van der Waals surface area (Å²) in [5, 5.41) is 9.54. The van der Waals surface area contributed by atoms with Gasteiger partial charge in [-0.25, -0.2) is 12.8 Å². The van der Waals surface area contributed by atoms with Crippen molar-refractivity contribution in [2.75, 3.05) is 14.2 Å². The first-order valence-corrected chi connectivity index (χ1v) is 10.8. The lowest BCUT2D eigenvalue weighted by atomic mass is 9.88. The van der Waals surface area contributed by atoms with E-state index in [4.69, 9.17) is 16.3 Å². The fourth-order valence-electron chi connectivity index (χ4n) is 3.43. The Hall–Kier alpha value is -2.47. The molecule has 2 aromatic carbocycles. The van der Waals surface area contributed by atoms with Crippen molar-refractivity contribution in [2.24, 2.45) is 0 Å². The van der Waals surface area contributed by atoms with E-state index in [-0.39, 0.29) is 21.0 Å². The van der Waals surface area contributed by atoms with E-state index in [9.17, 15) is 22.9 Å². The number of nitriles is 1. The van der Waals surface area contributed by atoms with Crippen LogP contribution >= 0.6 is 11.6 Å². The Morgan fingerprint density at radius 1 is 1.27 bits per heavy atom. The molecule has 0 heterocycles. The summed E-state index contributed by atoms with van der Waals surface area (Å²) in [6, 6.07) is 7.09. The Morgan fingerprint density at radius 3 is 2.47 bits per heavy atom. The summed E-state index contributed by atoms with van der Waals surface area (Å²) < 4.78 is 46.9. The summed E-state index contributed by atoms with van der Waals surface area (Å²) in [4.78, 5) is 12.3. The number of sulfonamides is 1. The molecule has 0 N–H and O–H groups in total. The first kappa shape index (κ1) is 23.8. The van der Waals surface area contributed by atoms with Gasteiger partial charge in [-0.1, -0.05) is 24.6 Å². The number of carbonyl (C=O) groups is 1. The van der Waals surface area contributed by atoms with E-state index in [1.807, 2.05) is 0 Å². The third-order valence-electron chi connectivity index (χ3n) is 5.21. The maximum Gasteiger partial charge on any atom is 0.324 e. The molecule has 0 fully saturated rings. The maximum atomic E-state index is 14.7. The number of rotatable bonds is 6. The van der Waals surface area contributed by atoms with Crippen molar-refractivity contribution in [2.45, 2.75) is 37.6 Å². The zero-order valence-corrected chi connectivity index (χ0v) is 18.8. The number of aryl methyl sites for hydroxylation is 1. The molecule has 0 aliphatic carbocycles. The van der Waals surface area contributed by atoms with E-state index in [0.29, 0.717) is 5.56 Å². The average molecular weight is 453 g/mol. The number of likely N-dealkylation sites (N-methyl/N-ethyl adjacent to an activating group) is 1. The fraction of sp³-hybridized carbons (Fsp3) is 0.333. The number of methoxy groups -OCH3 is 1. The van der Waals surface area contributed by atoms with Gasteiger partial charge in [0.05, 0.1) is 12.7 Å². The van der Waals surface area contributed by atoms with Crippen molar-refractivity contribution in [3.63, 3.8) is 0 Å². The second kappa shape index (κ2) is 9.13. The maximum absolute atomic E-state index is 14.7. The molecule has 6 nitrogen and oxygen atoms in total. The van der Waals surface area contributed by atoms with Crippen LogP contribution < -0.4 is 0 Å². The van der Waals surface area contributed by atoms with Crippen molar-refractivity contribution in [3.8, 4) is 6.07 Å². The summed E-state index contributed by atoms with van der Waals surface area (Å²) in [6.07, 6.45) is 0. The van der Waals surface area contributed by atoms with E-state index in [2.05, 4.69) is 0 Å². The molecular formula is C21H22ClFN2O4S. The van der Waals surface area contributed by atoms with Crippen LogP contribution in [0.3, 0.4) is 0 Å². The number of nitrogens with zero attached hydrogens (tertiary/aromatic N) is 2. The van der Waals surface area contributed by atoms with Gasteiger partial charge in [0.1, 0.15) is 22.8 Å². The van der Waals surface area contributed by atoms with Gasteiger partial charge in [-0.15, -0.1) is 0 Å². The van der Waals surface area contributed by atoms with Gasteiger partial charge in [-0.05, 0) is 54.8 Å². The van der Waals surface area contributed by atoms with Crippen LogP contribution in [0.5, 0.6) is 0 Å². The van der Waals surface area contributed by atoms with Gasteiger partial charge < -0.3 is 4.74 Å². The van der Waals surface area contributed by atoms with Crippen LogP contribution in [-0.4, -0.2) is 38.9 Å². The van der Waals surface area contributed by atoms with Crippen LogP contribution in [0.1, 0.15) is 35.1 Å². The summed E-state index contributed by atoms with van der Waals surface area (Å²) in [5.41, 5.74) is 1.48. The van der Waals surface area contributed by atoms with Gasteiger partial charge in [0.25, 0.3) is 0 Å². The Bertz CT molecular complexity index is 1130. The molecule has 0 unspecified atom stereocenters. The lowest BCUT2D eigenvalue weighted by molar-refractivity contribution is -0.145. The molecule has 30 heavy (non-hydrogen) atoms. The molecule has 0 radical (unpaired) electrons. The Labute approximate surface area is 180 Å². The number of hydrogen-bond donors (Lipinski definition) is 0. The number of ether oxygens (including phenoxy) is 1. The van der Waals surface area contributed by atoms with Crippen molar-refractivity contribution in [1.29, 1.82) is 5.26 Å². The van der Waals surface area contributed by atoms with Crippen LogP contribution in [-0.2, 0) is 19.6 Å². The van der Waals surface area contributed by atoms with Crippen LogP contribution in [0.25, 0.3) is 0 Å². The van der Waals surface area contributed by atoms with Gasteiger partial charge in [0.2, 0.25) is 10.0 Å².